The molecule has 0 radical (unpaired) electrons. The van der Waals surface area contributed by atoms with Gasteiger partial charge in [-0.05, 0) is 48.4 Å². The molecule has 2 aromatic rings. The molecule has 1 aromatic carbocycles. The number of hydrogen-bond acceptors (Lipinski definition) is 8. The first-order chi connectivity index (χ1) is 13.1. The second-order valence-corrected chi connectivity index (χ2v) is 5.99. The highest BCUT2D eigenvalue weighted by Crippen LogP contribution is 2.38. The molecule has 1 unspecified atom stereocenters. The smallest absolute Gasteiger partial charge is 0.338 e. The van der Waals surface area contributed by atoms with Crippen LogP contribution in [0.4, 0.5) is 5.95 Å². The van der Waals surface area contributed by atoms with E-state index in [0.717, 1.165) is 12.0 Å². The van der Waals surface area contributed by atoms with E-state index in [4.69, 9.17) is 14.2 Å². The van der Waals surface area contributed by atoms with Crippen molar-refractivity contribution >= 4 is 11.9 Å². The monoisotopic (exact) mass is 373 g/mol. The highest BCUT2D eigenvalue weighted by molar-refractivity contribution is 5.92. The number of carbonyl (C=O) groups excluding carboxylic acids is 1. The van der Waals surface area contributed by atoms with Crippen molar-refractivity contribution in [1.82, 2.24) is 20.2 Å². The van der Waals surface area contributed by atoms with Crippen LogP contribution >= 0.6 is 0 Å². The molecule has 9 heteroatoms. The number of ether oxygens (including phenoxy) is 3. The summed E-state index contributed by atoms with van der Waals surface area (Å²) in [5.41, 5.74) is 1.86. The zero-order valence-electron chi connectivity index (χ0n) is 15.9. The van der Waals surface area contributed by atoms with Gasteiger partial charge in [-0.2, -0.15) is 4.68 Å². The van der Waals surface area contributed by atoms with E-state index in [2.05, 4.69) is 20.8 Å². The molecule has 1 aliphatic rings. The summed E-state index contributed by atoms with van der Waals surface area (Å²) in [7, 11) is 1.35. The standard InChI is InChI=1S/C18H23N5O4/c1-5-9-27-13-8-7-12(10-14(13)26-6-2)16-15(17(24)25-4)11(3)19-18-20-21-22-23(16)18/h7-8,10,16H,5-6,9H2,1-4H3,(H,19,20,22). The number of nitrogens with one attached hydrogen (secondary N) is 1. The number of allylic oxidation sites excluding steroid dienone is 1. The van der Waals surface area contributed by atoms with Gasteiger partial charge in [0.2, 0.25) is 5.95 Å². The lowest BCUT2D eigenvalue weighted by atomic mass is 9.95. The number of fused-ring (bicyclic) bond motifs is 1. The molecule has 3 rings (SSSR count). The third-order valence-electron chi connectivity index (χ3n) is 4.16. The average Bonchev–Trinajstić information content (AvgIpc) is 3.13. The molecule has 0 amide bonds. The molecule has 2 heterocycles. The molecule has 1 aliphatic heterocycles. The van der Waals surface area contributed by atoms with Crippen LogP contribution in [0.25, 0.3) is 0 Å². The van der Waals surface area contributed by atoms with Gasteiger partial charge in [0, 0.05) is 5.70 Å². The van der Waals surface area contributed by atoms with Crippen molar-refractivity contribution in [2.45, 2.75) is 33.2 Å². The lowest BCUT2D eigenvalue weighted by Crippen LogP contribution is -2.29. The molecule has 0 spiro atoms. The average molecular weight is 373 g/mol. The normalized spacial score (nSPS) is 15.8. The number of tetrazole rings is 1. The summed E-state index contributed by atoms with van der Waals surface area (Å²) in [5.74, 6) is 1.27. The minimum Gasteiger partial charge on any atom is -0.490 e. The Morgan fingerprint density at radius 2 is 2.07 bits per heavy atom. The lowest BCUT2D eigenvalue weighted by Gasteiger charge is -2.27. The van der Waals surface area contributed by atoms with Crippen molar-refractivity contribution in [3.63, 3.8) is 0 Å². The Kier molecular flexibility index (Phi) is 5.58. The van der Waals surface area contributed by atoms with E-state index < -0.39 is 12.0 Å². The zero-order chi connectivity index (χ0) is 19.4. The molecule has 0 aliphatic carbocycles. The molecule has 27 heavy (non-hydrogen) atoms. The fraction of sp³-hybridized carbons (Fsp3) is 0.444. The molecule has 1 aromatic heterocycles. The maximum absolute atomic E-state index is 12.5. The predicted octanol–water partition coefficient (Wildman–Crippen LogP) is 2.32. The summed E-state index contributed by atoms with van der Waals surface area (Å²) in [6.45, 7) is 6.83. The molecule has 1 atom stereocenters. The van der Waals surface area contributed by atoms with Crippen LogP contribution in [0.3, 0.4) is 0 Å². The van der Waals surface area contributed by atoms with Crippen LogP contribution in [0.15, 0.2) is 29.5 Å². The Morgan fingerprint density at radius 3 is 2.78 bits per heavy atom. The van der Waals surface area contributed by atoms with Gasteiger partial charge in [0.15, 0.2) is 11.5 Å². The predicted molar refractivity (Wildman–Crippen MR) is 97.7 cm³/mol. The van der Waals surface area contributed by atoms with Crippen LogP contribution in [0, 0.1) is 0 Å². The molecular formula is C18H23N5O4. The Balaban J connectivity index is 2.09. The molecule has 9 nitrogen and oxygen atoms in total. The summed E-state index contributed by atoms with van der Waals surface area (Å²) < 4.78 is 18.1. The maximum atomic E-state index is 12.5. The van der Waals surface area contributed by atoms with Crippen LogP contribution in [0.1, 0.15) is 38.8 Å². The van der Waals surface area contributed by atoms with Crippen LogP contribution in [-0.2, 0) is 9.53 Å². The third kappa shape index (κ3) is 3.57. The largest absolute Gasteiger partial charge is 0.490 e. The number of hydrogen-bond donors (Lipinski definition) is 1. The Bertz CT molecular complexity index is 861. The molecule has 0 bridgehead atoms. The van der Waals surface area contributed by atoms with Crippen LogP contribution in [0.2, 0.25) is 0 Å². The first-order valence-corrected chi connectivity index (χ1v) is 8.84. The van der Waals surface area contributed by atoms with E-state index in [-0.39, 0.29) is 0 Å². The lowest BCUT2D eigenvalue weighted by molar-refractivity contribution is -0.136. The van der Waals surface area contributed by atoms with Crippen molar-refractivity contribution in [3.8, 4) is 11.5 Å². The number of nitrogens with zero attached hydrogens (tertiary/aromatic N) is 4. The topological polar surface area (TPSA) is 100 Å². The van der Waals surface area contributed by atoms with E-state index in [1.807, 2.05) is 32.0 Å². The zero-order valence-corrected chi connectivity index (χ0v) is 15.9. The van der Waals surface area contributed by atoms with Gasteiger partial charge in [0.1, 0.15) is 6.04 Å². The minimum absolute atomic E-state index is 0.432. The number of benzene rings is 1. The van der Waals surface area contributed by atoms with Gasteiger partial charge in [-0.25, -0.2) is 4.79 Å². The van der Waals surface area contributed by atoms with Gasteiger partial charge in [0.05, 0.1) is 25.9 Å². The highest BCUT2D eigenvalue weighted by Gasteiger charge is 2.35. The summed E-state index contributed by atoms with van der Waals surface area (Å²) in [5, 5.41) is 14.8. The Morgan fingerprint density at radius 1 is 1.26 bits per heavy atom. The van der Waals surface area contributed by atoms with Crippen LogP contribution in [-0.4, -0.2) is 46.5 Å². The van der Waals surface area contributed by atoms with E-state index >= 15 is 0 Å². The van der Waals surface area contributed by atoms with Gasteiger partial charge in [-0.15, -0.1) is 0 Å². The van der Waals surface area contributed by atoms with Crippen molar-refractivity contribution < 1.29 is 19.0 Å². The van der Waals surface area contributed by atoms with Gasteiger partial charge in [0.25, 0.3) is 0 Å². The maximum Gasteiger partial charge on any atom is 0.338 e. The number of methoxy groups -OCH3 is 1. The summed E-state index contributed by atoms with van der Waals surface area (Å²) >= 11 is 0. The number of aromatic nitrogens is 4. The Labute approximate surface area is 157 Å². The summed E-state index contributed by atoms with van der Waals surface area (Å²) in [6.07, 6.45) is 0.893. The third-order valence-corrected chi connectivity index (χ3v) is 4.16. The van der Waals surface area contributed by atoms with E-state index in [1.54, 1.807) is 11.6 Å². The highest BCUT2D eigenvalue weighted by atomic mass is 16.5. The number of carbonyl (C=O) groups is 1. The first-order valence-electron chi connectivity index (χ1n) is 8.84. The number of esters is 1. The first kappa shape index (κ1) is 18.7. The van der Waals surface area contributed by atoms with E-state index in [9.17, 15) is 4.79 Å². The van der Waals surface area contributed by atoms with Gasteiger partial charge in [-0.1, -0.05) is 18.1 Å². The number of rotatable bonds is 7. The van der Waals surface area contributed by atoms with Gasteiger partial charge < -0.3 is 19.5 Å². The van der Waals surface area contributed by atoms with Crippen molar-refractivity contribution in [3.05, 3.63) is 35.0 Å². The fourth-order valence-corrected chi connectivity index (χ4v) is 2.99. The van der Waals surface area contributed by atoms with Crippen molar-refractivity contribution in [1.29, 1.82) is 0 Å². The quantitative estimate of drug-likeness (QED) is 0.738. The second-order valence-electron chi connectivity index (χ2n) is 5.99. The fourth-order valence-electron chi connectivity index (χ4n) is 2.99. The molecule has 144 valence electrons. The van der Waals surface area contributed by atoms with Gasteiger partial charge >= 0.3 is 5.97 Å². The minimum atomic E-state index is -0.539. The molecule has 0 fully saturated rings. The molecule has 0 saturated heterocycles. The van der Waals surface area contributed by atoms with Gasteiger partial charge in [-0.3, -0.25) is 0 Å². The summed E-state index contributed by atoms with van der Waals surface area (Å²) in [4.78, 5) is 12.5. The van der Waals surface area contributed by atoms with E-state index in [1.165, 1.54) is 7.11 Å². The molecular weight excluding hydrogens is 350 g/mol. The SMILES string of the molecule is CCCOc1ccc(C2C(C(=O)OC)=C(C)Nc3nnnn32)cc1OCC. The second kappa shape index (κ2) is 8.07. The molecule has 1 N–H and O–H groups in total. The van der Waals surface area contributed by atoms with Crippen molar-refractivity contribution in [2.75, 3.05) is 25.6 Å². The van der Waals surface area contributed by atoms with E-state index in [0.29, 0.717) is 41.9 Å². The van der Waals surface area contributed by atoms with Crippen LogP contribution < -0.4 is 14.8 Å². The van der Waals surface area contributed by atoms with Crippen molar-refractivity contribution in [2.24, 2.45) is 0 Å². The summed E-state index contributed by atoms with van der Waals surface area (Å²) in [6, 6.07) is 5.03. The van der Waals surface area contributed by atoms with Crippen LogP contribution in [0.5, 0.6) is 11.5 Å². The molecule has 0 saturated carbocycles. The Hall–Kier alpha value is -3.10. The number of anilines is 1.